The maximum Gasteiger partial charge on any atom is 0.318 e. The molecule has 1 aliphatic heterocycles. The Balaban J connectivity index is 1.98. The van der Waals surface area contributed by atoms with Crippen LogP contribution in [0, 0.1) is 0 Å². The van der Waals surface area contributed by atoms with Crippen LogP contribution in [0.4, 0.5) is 4.79 Å². The summed E-state index contributed by atoms with van der Waals surface area (Å²) >= 11 is 0. The lowest BCUT2D eigenvalue weighted by Crippen LogP contribution is -2.53. The van der Waals surface area contributed by atoms with Crippen LogP contribution in [0.3, 0.4) is 0 Å². The molecule has 0 saturated carbocycles. The monoisotopic (exact) mass is 303 g/mol. The molecule has 1 saturated heterocycles. The van der Waals surface area contributed by atoms with E-state index in [1.165, 1.54) is 5.56 Å². The number of piperazine rings is 1. The Bertz CT molecular complexity index is 546. The molecular formula is C17H25N3O2. The zero-order valence-corrected chi connectivity index (χ0v) is 13.8. The number of nitrogens with one attached hydrogen (secondary N) is 2. The maximum absolute atomic E-state index is 12.2. The first kappa shape index (κ1) is 16.3. The fourth-order valence-electron chi connectivity index (χ4n) is 2.44. The van der Waals surface area contributed by atoms with Crippen LogP contribution in [0.1, 0.15) is 44.9 Å². The van der Waals surface area contributed by atoms with Gasteiger partial charge in [-0.3, -0.25) is 4.79 Å². The van der Waals surface area contributed by atoms with Gasteiger partial charge in [0.1, 0.15) is 6.54 Å². The normalized spacial score (nSPS) is 16.9. The SMILES string of the molecule is C[C@H](NC(=O)N1CCNC(=O)C1)c1ccc(C(C)(C)C)cc1. The lowest BCUT2D eigenvalue weighted by Gasteiger charge is -2.28. The molecule has 0 unspecified atom stereocenters. The number of benzene rings is 1. The van der Waals surface area contributed by atoms with Gasteiger partial charge in [0, 0.05) is 13.1 Å². The number of rotatable bonds is 2. The average molecular weight is 303 g/mol. The van der Waals surface area contributed by atoms with Crippen LogP contribution in [-0.4, -0.2) is 36.5 Å². The number of nitrogens with zero attached hydrogens (tertiary/aromatic N) is 1. The van der Waals surface area contributed by atoms with Crippen molar-refractivity contribution in [2.24, 2.45) is 0 Å². The highest BCUT2D eigenvalue weighted by Gasteiger charge is 2.22. The first-order valence-corrected chi connectivity index (χ1v) is 7.70. The van der Waals surface area contributed by atoms with E-state index >= 15 is 0 Å². The summed E-state index contributed by atoms with van der Waals surface area (Å²) < 4.78 is 0. The van der Waals surface area contributed by atoms with Crippen molar-refractivity contribution >= 4 is 11.9 Å². The lowest BCUT2D eigenvalue weighted by molar-refractivity contribution is -0.123. The molecule has 1 heterocycles. The third kappa shape index (κ3) is 4.00. The molecule has 1 aromatic rings. The third-order valence-corrected chi connectivity index (χ3v) is 3.94. The average Bonchev–Trinajstić information content (AvgIpc) is 2.46. The number of carbonyl (C=O) groups is 2. The summed E-state index contributed by atoms with van der Waals surface area (Å²) in [5.74, 6) is -0.108. The van der Waals surface area contributed by atoms with Gasteiger partial charge in [-0.2, -0.15) is 0 Å². The topological polar surface area (TPSA) is 61.4 Å². The van der Waals surface area contributed by atoms with Crippen molar-refractivity contribution in [1.82, 2.24) is 15.5 Å². The number of amides is 3. The van der Waals surface area contributed by atoms with Gasteiger partial charge in [-0.25, -0.2) is 4.79 Å². The van der Waals surface area contributed by atoms with E-state index in [9.17, 15) is 9.59 Å². The molecule has 0 aromatic heterocycles. The maximum atomic E-state index is 12.2. The Morgan fingerprint density at radius 2 is 1.91 bits per heavy atom. The second-order valence-electron chi connectivity index (χ2n) is 6.81. The summed E-state index contributed by atoms with van der Waals surface area (Å²) in [7, 11) is 0. The number of carbonyl (C=O) groups excluding carboxylic acids is 2. The van der Waals surface area contributed by atoms with Crippen LogP contribution in [0.5, 0.6) is 0 Å². The molecule has 0 radical (unpaired) electrons. The lowest BCUT2D eigenvalue weighted by atomic mass is 9.86. The second kappa shape index (κ2) is 6.38. The van der Waals surface area contributed by atoms with Crippen molar-refractivity contribution in [3.63, 3.8) is 0 Å². The van der Waals surface area contributed by atoms with E-state index in [2.05, 4.69) is 55.7 Å². The quantitative estimate of drug-likeness (QED) is 0.880. The molecule has 1 fully saturated rings. The van der Waals surface area contributed by atoms with Crippen LogP contribution >= 0.6 is 0 Å². The van der Waals surface area contributed by atoms with Gasteiger partial charge >= 0.3 is 6.03 Å². The number of hydrogen-bond acceptors (Lipinski definition) is 2. The van der Waals surface area contributed by atoms with E-state index in [1.807, 2.05) is 6.92 Å². The summed E-state index contributed by atoms with van der Waals surface area (Å²) in [5.41, 5.74) is 2.44. The Morgan fingerprint density at radius 1 is 1.27 bits per heavy atom. The minimum atomic E-state index is -0.192. The molecule has 1 aliphatic rings. The zero-order valence-electron chi connectivity index (χ0n) is 13.8. The van der Waals surface area contributed by atoms with E-state index in [0.717, 1.165) is 5.56 Å². The first-order valence-electron chi connectivity index (χ1n) is 7.70. The fraction of sp³-hybridized carbons (Fsp3) is 0.529. The van der Waals surface area contributed by atoms with E-state index < -0.39 is 0 Å². The van der Waals surface area contributed by atoms with E-state index in [4.69, 9.17) is 0 Å². The first-order chi connectivity index (χ1) is 10.3. The van der Waals surface area contributed by atoms with Crippen LogP contribution in [0.25, 0.3) is 0 Å². The highest BCUT2D eigenvalue weighted by Crippen LogP contribution is 2.23. The van der Waals surface area contributed by atoms with Gasteiger partial charge in [-0.05, 0) is 23.5 Å². The van der Waals surface area contributed by atoms with Crippen LogP contribution in [0.2, 0.25) is 0 Å². The number of hydrogen-bond donors (Lipinski definition) is 2. The van der Waals surface area contributed by atoms with Crippen molar-refractivity contribution in [3.8, 4) is 0 Å². The molecule has 2 rings (SSSR count). The Kier molecular flexibility index (Phi) is 4.74. The van der Waals surface area contributed by atoms with Crippen molar-refractivity contribution in [1.29, 1.82) is 0 Å². The summed E-state index contributed by atoms with van der Waals surface area (Å²) in [4.78, 5) is 25.1. The Hall–Kier alpha value is -2.04. The molecule has 0 spiro atoms. The van der Waals surface area contributed by atoms with Crippen molar-refractivity contribution in [2.75, 3.05) is 19.6 Å². The van der Waals surface area contributed by atoms with Crippen LogP contribution in [-0.2, 0) is 10.2 Å². The summed E-state index contributed by atoms with van der Waals surface area (Å²) in [6.45, 7) is 9.67. The van der Waals surface area contributed by atoms with Gasteiger partial charge in [0.15, 0.2) is 0 Å². The fourth-order valence-corrected chi connectivity index (χ4v) is 2.44. The highest BCUT2D eigenvalue weighted by atomic mass is 16.2. The van der Waals surface area contributed by atoms with E-state index in [-0.39, 0.29) is 29.9 Å². The minimum Gasteiger partial charge on any atom is -0.353 e. The smallest absolute Gasteiger partial charge is 0.318 e. The van der Waals surface area contributed by atoms with E-state index in [0.29, 0.717) is 13.1 Å². The third-order valence-electron chi connectivity index (χ3n) is 3.94. The van der Waals surface area contributed by atoms with Gasteiger partial charge in [0.2, 0.25) is 5.91 Å². The molecule has 5 nitrogen and oxygen atoms in total. The highest BCUT2D eigenvalue weighted by molar-refractivity contribution is 5.85. The predicted octanol–water partition coefficient (Wildman–Crippen LogP) is 2.19. The predicted molar refractivity (Wildman–Crippen MR) is 86.7 cm³/mol. The summed E-state index contributed by atoms with van der Waals surface area (Å²) in [5, 5.41) is 5.66. The number of urea groups is 1. The van der Waals surface area contributed by atoms with Gasteiger partial charge in [0.05, 0.1) is 6.04 Å². The molecule has 5 heteroatoms. The van der Waals surface area contributed by atoms with Crippen LogP contribution < -0.4 is 10.6 Å². The van der Waals surface area contributed by atoms with Crippen molar-refractivity contribution in [3.05, 3.63) is 35.4 Å². The van der Waals surface area contributed by atoms with Gasteiger partial charge in [-0.15, -0.1) is 0 Å². The molecule has 120 valence electrons. The molecule has 0 aliphatic carbocycles. The standard InChI is InChI=1S/C17H25N3O2/c1-12(13-5-7-14(8-6-13)17(2,3)4)19-16(22)20-10-9-18-15(21)11-20/h5-8,12H,9-11H2,1-4H3,(H,18,21)(H,19,22)/t12-/m0/s1. The Morgan fingerprint density at radius 3 is 2.45 bits per heavy atom. The Labute approximate surface area is 132 Å². The van der Waals surface area contributed by atoms with Crippen molar-refractivity contribution in [2.45, 2.75) is 39.2 Å². The molecule has 0 bridgehead atoms. The zero-order chi connectivity index (χ0) is 16.3. The van der Waals surface area contributed by atoms with Gasteiger partial charge in [-0.1, -0.05) is 45.0 Å². The molecule has 2 N–H and O–H groups in total. The van der Waals surface area contributed by atoms with Crippen molar-refractivity contribution < 1.29 is 9.59 Å². The van der Waals surface area contributed by atoms with E-state index in [1.54, 1.807) is 4.90 Å². The minimum absolute atomic E-state index is 0.0912. The summed E-state index contributed by atoms with van der Waals surface area (Å²) in [6.07, 6.45) is 0. The molecular weight excluding hydrogens is 278 g/mol. The second-order valence-corrected chi connectivity index (χ2v) is 6.81. The summed E-state index contributed by atoms with van der Waals surface area (Å²) in [6, 6.07) is 8.02. The molecule has 3 amide bonds. The van der Waals surface area contributed by atoms with Gasteiger partial charge in [0.25, 0.3) is 0 Å². The molecule has 1 aromatic carbocycles. The largest absolute Gasteiger partial charge is 0.353 e. The molecule has 1 atom stereocenters. The van der Waals surface area contributed by atoms with Crippen LogP contribution in [0.15, 0.2) is 24.3 Å². The molecule has 22 heavy (non-hydrogen) atoms. The van der Waals surface area contributed by atoms with Gasteiger partial charge < -0.3 is 15.5 Å².